The monoisotopic (exact) mass is 415 g/mol. The minimum absolute atomic E-state index is 0.338. The van der Waals surface area contributed by atoms with E-state index in [4.69, 9.17) is 4.74 Å². The maximum absolute atomic E-state index is 11.9. The number of aryl methyl sites for hydroxylation is 1. The highest BCUT2D eigenvalue weighted by Crippen LogP contribution is 2.26. The molecule has 0 spiro atoms. The predicted molar refractivity (Wildman–Crippen MR) is 120 cm³/mol. The van der Waals surface area contributed by atoms with Crippen molar-refractivity contribution in [2.75, 3.05) is 7.05 Å². The Kier molecular flexibility index (Phi) is 5.73. The van der Waals surface area contributed by atoms with Crippen molar-refractivity contribution in [3.05, 3.63) is 84.2 Å². The predicted octanol–water partition coefficient (Wildman–Crippen LogP) is 4.77. The van der Waals surface area contributed by atoms with E-state index in [1.54, 1.807) is 6.92 Å². The summed E-state index contributed by atoms with van der Waals surface area (Å²) >= 11 is 0. The molecule has 0 bridgehead atoms. The summed E-state index contributed by atoms with van der Waals surface area (Å²) in [4.78, 5) is 16.6. The van der Waals surface area contributed by atoms with Crippen LogP contribution in [-0.2, 0) is 18.4 Å². The van der Waals surface area contributed by atoms with Gasteiger partial charge in [-0.15, -0.1) is 0 Å². The summed E-state index contributed by atoms with van der Waals surface area (Å²) in [6, 6.07) is 23.7. The summed E-state index contributed by atoms with van der Waals surface area (Å²) in [6.07, 6.45) is 0. The van der Waals surface area contributed by atoms with E-state index < -0.39 is 5.92 Å². The van der Waals surface area contributed by atoms with Gasteiger partial charge in [-0.2, -0.15) is 0 Å². The van der Waals surface area contributed by atoms with E-state index in [1.165, 1.54) is 7.05 Å². The fraction of sp³-hybridized carbons (Fsp3) is 0.200. The normalized spacial score (nSPS) is 12.0. The third kappa shape index (κ3) is 4.29. The smallest absolute Gasteiger partial charge is 0.252 e. The van der Waals surface area contributed by atoms with Gasteiger partial charge < -0.3 is 9.30 Å². The molecule has 0 saturated carbocycles. The van der Waals surface area contributed by atoms with Gasteiger partial charge in [0.15, 0.2) is 0 Å². The van der Waals surface area contributed by atoms with E-state index >= 15 is 0 Å². The lowest BCUT2D eigenvalue weighted by atomic mass is 9.97. The van der Waals surface area contributed by atoms with Gasteiger partial charge in [0.2, 0.25) is 0 Å². The number of carbonyl (C=O) groups excluding carboxylic acids is 1. The van der Waals surface area contributed by atoms with Crippen LogP contribution in [0.4, 0.5) is 0 Å². The number of imidazole rings is 1. The lowest BCUT2D eigenvalue weighted by Gasteiger charge is -2.15. The lowest BCUT2D eigenvalue weighted by Crippen LogP contribution is -2.27. The summed E-state index contributed by atoms with van der Waals surface area (Å²) in [5, 5.41) is 9.98. The van der Waals surface area contributed by atoms with Crippen molar-refractivity contribution in [1.82, 2.24) is 14.6 Å². The number of ether oxygens (including phenoxy) is 1. The average molecular weight is 415 g/mol. The van der Waals surface area contributed by atoms with Crippen LogP contribution < -0.4 is 4.74 Å². The first-order chi connectivity index (χ1) is 14.9. The number of rotatable bonds is 6. The van der Waals surface area contributed by atoms with Crippen molar-refractivity contribution < 1.29 is 14.7 Å². The molecule has 3 aromatic carbocycles. The van der Waals surface area contributed by atoms with E-state index in [2.05, 4.69) is 4.98 Å². The van der Waals surface area contributed by atoms with Crippen LogP contribution in [-0.4, -0.2) is 32.8 Å². The zero-order valence-electron chi connectivity index (χ0n) is 17.8. The van der Waals surface area contributed by atoms with Gasteiger partial charge in [0.25, 0.3) is 5.91 Å². The third-order valence-electron chi connectivity index (χ3n) is 5.54. The SMILES string of the molecule is CC(C(=O)N(C)O)c1ccc(-c2ccc(OCc3nc4ccccc4n3C)cc2)cc1. The Hall–Kier alpha value is -3.64. The Morgan fingerprint density at radius 2 is 1.65 bits per heavy atom. The standard InChI is InChI=1S/C25H25N3O3/c1-17(25(29)28(3)30)18-8-10-19(11-9-18)20-12-14-21(15-13-20)31-16-24-26-22-6-4-5-7-23(22)27(24)2/h4-15,17,30H,16H2,1-3H3. The van der Waals surface area contributed by atoms with Crippen molar-refractivity contribution in [2.24, 2.45) is 7.05 Å². The Morgan fingerprint density at radius 3 is 2.26 bits per heavy atom. The second-order valence-electron chi connectivity index (χ2n) is 7.59. The second-order valence-corrected chi connectivity index (χ2v) is 7.59. The van der Waals surface area contributed by atoms with Gasteiger partial charge in [0.1, 0.15) is 18.2 Å². The minimum Gasteiger partial charge on any atom is -0.486 e. The molecule has 1 unspecified atom stereocenters. The highest BCUT2D eigenvalue weighted by Gasteiger charge is 2.18. The summed E-state index contributed by atoms with van der Waals surface area (Å²) in [6.45, 7) is 2.17. The van der Waals surface area contributed by atoms with Crippen molar-refractivity contribution in [3.63, 3.8) is 0 Å². The van der Waals surface area contributed by atoms with E-state index in [9.17, 15) is 10.0 Å². The lowest BCUT2D eigenvalue weighted by molar-refractivity contribution is -0.160. The number of hydroxylamine groups is 2. The second kappa shape index (κ2) is 8.62. The van der Waals surface area contributed by atoms with Crippen molar-refractivity contribution in [2.45, 2.75) is 19.4 Å². The molecular formula is C25H25N3O3. The molecule has 0 fully saturated rings. The van der Waals surface area contributed by atoms with Gasteiger partial charge in [0.05, 0.1) is 17.0 Å². The Morgan fingerprint density at radius 1 is 1.03 bits per heavy atom. The van der Waals surface area contributed by atoms with E-state index in [0.717, 1.165) is 39.3 Å². The van der Waals surface area contributed by atoms with Crippen LogP contribution >= 0.6 is 0 Å². The number of aromatic nitrogens is 2. The quantitative estimate of drug-likeness (QED) is 0.364. The minimum atomic E-state index is -0.400. The highest BCUT2D eigenvalue weighted by atomic mass is 16.5. The Balaban J connectivity index is 1.43. The van der Waals surface area contributed by atoms with Crippen LogP contribution in [0, 0.1) is 0 Å². The van der Waals surface area contributed by atoms with Crippen molar-refractivity contribution in [3.8, 4) is 16.9 Å². The van der Waals surface area contributed by atoms with Crippen LogP contribution in [0.5, 0.6) is 5.75 Å². The van der Waals surface area contributed by atoms with Crippen LogP contribution in [0.2, 0.25) is 0 Å². The highest BCUT2D eigenvalue weighted by molar-refractivity contribution is 5.82. The zero-order chi connectivity index (χ0) is 22.0. The number of hydrogen-bond acceptors (Lipinski definition) is 4. The molecule has 158 valence electrons. The first-order valence-corrected chi connectivity index (χ1v) is 10.1. The number of benzene rings is 3. The van der Waals surface area contributed by atoms with Crippen LogP contribution in [0.3, 0.4) is 0 Å². The molecule has 31 heavy (non-hydrogen) atoms. The van der Waals surface area contributed by atoms with E-state index in [-0.39, 0.29) is 5.91 Å². The molecule has 0 aliphatic carbocycles. The fourth-order valence-electron chi connectivity index (χ4n) is 3.60. The average Bonchev–Trinajstić information content (AvgIpc) is 3.13. The molecule has 0 saturated heterocycles. The zero-order valence-corrected chi connectivity index (χ0v) is 17.8. The molecule has 1 heterocycles. The van der Waals surface area contributed by atoms with Crippen LogP contribution in [0.25, 0.3) is 22.2 Å². The van der Waals surface area contributed by atoms with Gasteiger partial charge in [-0.3, -0.25) is 10.0 Å². The first kappa shape index (κ1) is 20.6. The molecular weight excluding hydrogens is 390 g/mol. The molecule has 0 aliphatic rings. The van der Waals surface area contributed by atoms with Crippen molar-refractivity contribution >= 4 is 16.9 Å². The molecule has 0 radical (unpaired) electrons. The number of likely N-dealkylation sites (N-methyl/N-ethyl adjacent to an activating group) is 1. The fourth-order valence-corrected chi connectivity index (χ4v) is 3.60. The summed E-state index contributed by atoms with van der Waals surface area (Å²) in [7, 11) is 3.33. The molecule has 4 rings (SSSR count). The topological polar surface area (TPSA) is 67.6 Å². The summed E-state index contributed by atoms with van der Waals surface area (Å²) < 4.78 is 7.99. The molecule has 6 nitrogen and oxygen atoms in total. The number of hydrogen-bond donors (Lipinski definition) is 1. The molecule has 1 atom stereocenters. The van der Waals surface area contributed by atoms with Crippen LogP contribution in [0.15, 0.2) is 72.8 Å². The Bertz CT molecular complexity index is 1200. The number of fused-ring (bicyclic) bond motifs is 1. The van der Waals surface area contributed by atoms with Gasteiger partial charge in [0, 0.05) is 14.1 Å². The van der Waals surface area contributed by atoms with Gasteiger partial charge in [-0.25, -0.2) is 10.0 Å². The van der Waals surface area contributed by atoms with Gasteiger partial charge in [-0.05, 0) is 47.9 Å². The van der Waals surface area contributed by atoms with Crippen molar-refractivity contribution in [1.29, 1.82) is 0 Å². The van der Waals surface area contributed by atoms with Gasteiger partial charge in [-0.1, -0.05) is 48.5 Å². The van der Waals surface area contributed by atoms with E-state index in [1.807, 2.05) is 84.4 Å². The third-order valence-corrected chi connectivity index (χ3v) is 5.54. The first-order valence-electron chi connectivity index (χ1n) is 10.1. The molecule has 4 aromatic rings. The molecule has 1 aromatic heterocycles. The maximum Gasteiger partial charge on any atom is 0.252 e. The summed E-state index contributed by atoms with van der Waals surface area (Å²) in [5.74, 6) is 0.910. The number of nitrogens with zero attached hydrogens (tertiary/aromatic N) is 3. The van der Waals surface area contributed by atoms with E-state index in [0.29, 0.717) is 11.7 Å². The number of amides is 1. The number of carbonyl (C=O) groups is 1. The number of para-hydroxylation sites is 2. The van der Waals surface area contributed by atoms with Crippen LogP contribution in [0.1, 0.15) is 24.2 Å². The molecule has 6 heteroatoms. The van der Waals surface area contributed by atoms with Gasteiger partial charge >= 0.3 is 0 Å². The summed E-state index contributed by atoms with van der Waals surface area (Å²) in [5.41, 5.74) is 5.00. The largest absolute Gasteiger partial charge is 0.486 e. The maximum atomic E-state index is 11.9. The molecule has 1 N–H and O–H groups in total. The molecule has 1 amide bonds. The molecule has 0 aliphatic heterocycles. The Labute approximate surface area is 181 Å².